The van der Waals surface area contributed by atoms with Crippen LogP contribution in [-0.4, -0.2) is 6.61 Å². The summed E-state index contributed by atoms with van der Waals surface area (Å²) >= 11 is 0. The van der Waals surface area contributed by atoms with Gasteiger partial charge in [0.25, 0.3) is 0 Å². The fourth-order valence-corrected chi connectivity index (χ4v) is 1.44. The van der Waals surface area contributed by atoms with Gasteiger partial charge in [0.05, 0.1) is 0 Å². The Balaban J connectivity index is 2.59. The van der Waals surface area contributed by atoms with Crippen LogP contribution in [0.15, 0.2) is 23.8 Å². The zero-order valence-corrected chi connectivity index (χ0v) is 7.42. The van der Waals surface area contributed by atoms with Crippen molar-refractivity contribution in [1.29, 1.82) is 0 Å². The smallest absolute Gasteiger partial charge is 0.127 e. The molecule has 1 heterocycles. The molecule has 0 fully saturated rings. The molecule has 0 spiro atoms. The number of rotatable bonds is 0. The van der Waals surface area contributed by atoms with E-state index in [-0.39, 0.29) is 0 Å². The lowest BCUT2D eigenvalue weighted by molar-refractivity contribution is 0.347. The van der Waals surface area contributed by atoms with Crippen LogP contribution < -0.4 is 4.74 Å². The van der Waals surface area contributed by atoms with Gasteiger partial charge < -0.3 is 4.74 Å². The van der Waals surface area contributed by atoms with Gasteiger partial charge in [-0.1, -0.05) is 12.1 Å². The van der Waals surface area contributed by atoms with Crippen LogP contribution in [0, 0.1) is 6.92 Å². The molecule has 12 heavy (non-hydrogen) atoms. The molecule has 0 aromatic heterocycles. The van der Waals surface area contributed by atoms with Gasteiger partial charge >= 0.3 is 0 Å². The number of hydrogen-bond donors (Lipinski definition) is 0. The van der Waals surface area contributed by atoms with Crippen molar-refractivity contribution in [3.63, 3.8) is 0 Å². The molecule has 0 saturated carbocycles. The van der Waals surface area contributed by atoms with E-state index in [9.17, 15) is 0 Å². The first-order chi connectivity index (χ1) is 5.77. The lowest BCUT2D eigenvalue weighted by Gasteiger charge is -2.16. The molecule has 1 aromatic carbocycles. The Morgan fingerprint density at radius 3 is 2.92 bits per heavy atom. The molecular weight excluding hydrogens is 148 g/mol. The number of hydrogen-bond acceptors (Lipinski definition) is 1. The average molecular weight is 160 g/mol. The summed E-state index contributed by atoms with van der Waals surface area (Å²) in [4.78, 5) is 0. The molecular formula is C11H12O. The van der Waals surface area contributed by atoms with Crippen LogP contribution in [0.4, 0.5) is 0 Å². The predicted octanol–water partition coefficient (Wildman–Crippen LogP) is 2.79. The maximum absolute atomic E-state index is 5.55. The summed E-state index contributed by atoms with van der Waals surface area (Å²) in [6.45, 7) is 4.93. The van der Waals surface area contributed by atoms with Crippen LogP contribution in [0.3, 0.4) is 0 Å². The minimum absolute atomic E-state index is 0.733. The summed E-state index contributed by atoms with van der Waals surface area (Å²) in [5, 5.41) is 0. The summed E-state index contributed by atoms with van der Waals surface area (Å²) in [6, 6.07) is 6.16. The molecule has 2 rings (SSSR count). The van der Waals surface area contributed by atoms with Gasteiger partial charge in [-0.2, -0.15) is 0 Å². The second kappa shape index (κ2) is 2.67. The van der Waals surface area contributed by atoms with E-state index in [4.69, 9.17) is 4.74 Å². The molecule has 0 saturated heterocycles. The Bertz CT molecular complexity index is 337. The van der Waals surface area contributed by atoms with Gasteiger partial charge in [-0.15, -0.1) is 0 Å². The Kier molecular flexibility index (Phi) is 1.65. The summed E-state index contributed by atoms with van der Waals surface area (Å²) in [5.74, 6) is 1.01. The monoisotopic (exact) mass is 160 g/mol. The van der Waals surface area contributed by atoms with Gasteiger partial charge in [0.1, 0.15) is 12.4 Å². The third-order valence-electron chi connectivity index (χ3n) is 2.13. The number of aryl methyl sites for hydroxylation is 1. The molecule has 1 aromatic rings. The lowest BCUT2D eigenvalue weighted by atomic mass is 10.0. The Morgan fingerprint density at radius 1 is 1.25 bits per heavy atom. The summed E-state index contributed by atoms with van der Waals surface area (Å²) < 4.78 is 5.55. The maximum atomic E-state index is 5.55. The topological polar surface area (TPSA) is 9.23 Å². The summed E-state index contributed by atoms with van der Waals surface area (Å²) in [7, 11) is 0. The molecule has 1 heteroatoms. The maximum Gasteiger partial charge on any atom is 0.127 e. The summed E-state index contributed by atoms with van der Waals surface area (Å²) in [5.41, 5.74) is 3.81. The SMILES string of the molecule is CC1=Cc2c(C)cccc2OC1. The molecule has 1 aliphatic rings. The minimum atomic E-state index is 0.733. The van der Waals surface area contributed by atoms with Crippen LogP contribution >= 0.6 is 0 Å². The Morgan fingerprint density at radius 2 is 2.08 bits per heavy atom. The third-order valence-corrected chi connectivity index (χ3v) is 2.13. The zero-order valence-electron chi connectivity index (χ0n) is 7.42. The third kappa shape index (κ3) is 1.11. The van der Waals surface area contributed by atoms with E-state index in [2.05, 4.69) is 26.0 Å². The second-order valence-electron chi connectivity index (χ2n) is 3.27. The highest BCUT2D eigenvalue weighted by atomic mass is 16.5. The van der Waals surface area contributed by atoms with Gasteiger partial charge in [0.2, 0.25) is 0 Å². The van der Waals surface area contributed by atoms with E-state index in [0.29, 0.717) is 0 Å². The van der Waals surface area contributed by atoms with Gasteiger partial charge in [0.15, 0.2) is 0 Å². The van der Waals surface area contributed by atoms with Crippen molar-refractivity contribution >= 4 is 6.08 Å². The van der Waals surface area contributed by atoms with Crippen molar-refractivity contribution in [2.45, 2.75) is 13.8 Å². The standard InChI is InChI=1S/C11H12O/c1-8-6-10-9(2)4-3-5-11(10)12-7-8/h3-6H,7H2,1-2H3. The van der Waals surface area contributed by atoms with Gasteiger partial charge in [0, 0.05) is 5.56 Å². The highest BCUT2D eigenvalue weighted by Crippen LogP contribution is 2.28. The first-order valence-corrected chi connectivity index (χ1v) is 4.17. The average Bonchev–Trinajstić information content (AvgIpc) is 2.07. The van der Waals surface area contributed by atoms with Crippen molar-refractivity contribution in [3.8, 4) is 5.75 Å². The molecule has 0 bridgehead atoms. The minimum Gasteiger partial charge on any atom is -0.489 e. The first-order valence-electron chi connectivity index (χ1n) is 4.17. The molecule has 0 atom stereocenters. The molecule has 1 aliphatic heterocycles. The summed E-state index contributed by atoms with van der Waals surface area (Å²) in [6.07, 6.45) is 2.20. The van der Waals surface area contributed by atoms with Crippen LogP contribution in [0.5, 0.6) is 5.75 Å². The van der Waals surface area contributed by atoms with E-state index in [1.165, 1.54) is 16.7 Å². The largest absolute Gasteiger partial charge is 0.489 e. The highest BCUT2D eigenvalue weighted by Gasteiger charge is 2.09. The van der Waals surface area contributed by atoms with Crippen molar-refractivity contribution < 1.29 is 4.74 Å². The molecule has 0 unspecified atom stereocenters. The fraction of sp³-hybridized carbons (Fsp3) is 0.273. The molecule has 1 nitrogen and oxygen atoms in total. The van der Waals surface area contributed by atoms with Gasteiger partial charge in [-0.3, -0.25) is 0 Å². The van der Waals surface area contributed by atoms with Crippen LogP contribution in [-0.2, 0) is 0 Å². The van der Waals surface area contributed by atoms with Crippen molar-refractivity contribution in [2.24, 2.45) is 0 Å². The second-order valence-corrected chi connectivity index (χ2v) is 3.27. The number of ether oxygens (including phenoxy) is 1. The van der Waals surface area contributed by atoms with E-state index >= 15 is 0 Å². The van der Waals surface area contributed by atoms with E-state index < -0.39 is 0 Å². The van der Waals surface area contributed by atoms with Crippen molar-refractivity contribution in [1.82, 2.24) is 0 Å². The number of benzene rings is 1. The molecule has 0 amide bonds. The Labute approximate surface area is 72.7 Å². The van der Waals surface area contributed by atoms with Crippen molar-refractivity contribution in [3.05, 3.63) is 34.9 Å². The van der Waals surface area contributed by atoms with E-state index in [1.54, 1.807) is 0 Å². The van der Waals surface area contributed by atoms with Crippen LogP contribution in [0.1, 0.15) is 18.1 Å². The van der Waals surface area contributed by atoms with Crippen molar-refractivity contribution in [2.75, 3.05) is 6.61 Å². The van der Waals surface area contributed by atoms with Gasteiger partial charge in [-0.25, -0.2) is 0 Å². The van der Waals surface area contributed by atoms with Crippen LogP contribution in [0.2, 0.25) is 0 Å². The fourth-order valence-electron chi connectivity index (χ4n) is 1.44. The quantitative estimate of drug-likeness (QED) is 0.567. The number of fused-ring (bicyclic) bond motifs is 1. The molecule has 0 aliphatic carbocycles. The van der Waals surface area contributed by atoms with E-state index in [1.807, 2.05) is 12.1 Å². The van der Waals surface area contributed by atoms with E-state index in [0.717, 1.165) is 12.4 Å². The lowest BCUT2D eigenvalue weighted by Crippen LogP contribution is -2.05. The highest BCUT2D eigenvalue weighted by molar-refractivity contribution is 5.64. The molecule has 0 N–H and O–H groups in total. The predicted molar refractivity (Wildman–Crippen MR) is 50.3 cm³/mol. The van der Waals surface area contributed by atoms with Crippen LogP contribution in [0.25, 0.3) is 6.08 Å². The normalized spacial score (nSPS) is 14.7. The van der Waals surface area contributed by atoms with Gasteiger partial charge in [-0.05, 0) is 37.1 Å². The first kappa shape index (κ1) is 7.41. The molecule has 0 radical (unpaired) electrons. The zero-order chi connectivity index (χ0) is 8.55. The molecule has 62 valence electrons. The Hall–Kier alpha value is -1.24.